The third kappa shape index (κ3) is 0.942. The van der Waals surface area contributed by atoms with Gasteiger partial charge >= 0.3 is 0 Å². The third-order valence-corrected chi connectivity index (χ3v) is 2.23. The number of hydrazone groups is 1. The van der Waals surface area contributed by atoms with Crippen LogP contribution in [0.3, 0.4) is 0 Å². The Morgan fingerprint density at radius 1 is 1.25 bits per heavy atom. The highest BCUT2D eigenvalue weighted by atomic mass is 15.1. The monoisotopic (exact) mass is 161 g/mol. The maximum atomic E-state index is 5.65. The minimum absolute atomic E-state index is 0.775. The molecule has 2 rings (SSSR count). The number of hydrogen-bond acceptors (Lipinski definition) is 3. The lowest BCUT2D eigenvalue weighted by molar-refractivity contribution is 1.08. The van der Waals surface area contributed by atoms with Crippen molar-refractivity contribution in [2.45, 2.75) is 12.8 Å². The van der Waals surface area contributed by atoms with E-state index in [0.717, 1.165) is 29.8 Å². The number of anilines is 1. The number of nitrogen functional groups attached to an aromatic ring is 1. The average molecular weight is 161 g/mol. The normalized spacial score (nSPS) is 18.2. The molecule has 0 unspecified atom stereocenters. The van der Waals surface area contributed by atoms with Crippen molar-refractivity contribution in [2.24, 2.45) is 10.9 Å². The molecular weight excluding hydrogens is 150 g/mol. The Bertz CT molecular complexity index is 342. The molecule has 0 radical (unpaired) electrons. The summed E-state index contributed by atoms with van der Waals surface area (Å²) in [6.45, 7) is 0. The molecule has 0 heterocycles. The van der Waals surface area contributed by atoms with Gasteiger partial charge in [-0.2, -0.15) is 5.10 Å². The van der Waals surface area contributed by atoms with Crippen LogP contribution in [0, 0.1) is 0 Å². The van der Waals surface area contributed by atoms with Gasteiger partial charge in [0.25, 0.3) is 0 Å². The second-order valence-corrected chi connectivity index (χ2v) is 2.99. The summed E-state index contributed by atoms with van der Waals surface area (Å²) in [5.74, 6) is 5.25. The minimum atomic E-state index is 0.775. The Morgan fingerprint density at radius 2 is 2.08 bits per heavy atom. The Morgan fingerprint density at radius 3 is 2.83 bits per heavy atom. The quantitative estimate of drug-likeness (QED) is 0.337. The van der Waals surface area contributed by atoms with E-state index in [1.54, 1.807) is 0 Å². The molecule has 3 nitrogen and oxygen atoms in total. The molecule has 1 aliphatic rings. The zero-order valence-corrected chi connectivity index (χ0v) is 6.75. The van der Waals surface area contributed by atoms with Gasteiger partial charge < -0.3 is 11.6 Å². The van der Waals surface area contributed by atoms with Crippen molar-refractivity contribution in [3.05, 3.63) is 29.3 Å². The Kier molecular flexibility index (Phi) is 1.50. The van der Waals surface area contributed by atoms with Crippen molar-refractivity contribution in [3.8, 4) is 0 Å². The van der Waals surface area contributed by atoms with Crippen LogP contribution in [0.25, 0.3) is 0 Å². The molecule has 62 valence electrons. The van der Waals surface area contributed by atoms with Crippen LogP contribution in [0.2, 0.25) is 0 Å². The molecule has 4 N–H and O–H groups in total. The van der Waals surface area contributed by atoms with E-state index >= 15 is 0 Å². The summed E-state index contributed by atoms with van der Waals surface area (Å²) in [4.78, 5) is 0. The van der Waals surface area contributed by atoms with E-state index in [1.807, 2.05) is 18.2 Å². The molecule has 3 heteroatoms. The van der Waals surface area contributed by atoms with Crippen LogP contribution in [-0.4, -0.2) is 5.71 Å². The summed E-state index contributed by atoms with van der Waals surface area (Å²) in [6.07, 6.45) is 1.97. The third-order valence-electron chi connectivity index (χ3n) is 2.23. The summed E-state index contributed by atoms with van der Waals surface area (Å²) in [5.41, 5.74) is 9.82. The molecule has 0 aliphatic heterocycles. The first kappa shape index (κ1) is 7.16. The fourth-order valence-electron chi connectivity index (χ4n) is 1.60. The molecule has 0 atom stereocenters. The SMILES string of the molecule is N/N=C1/CCc2ccc(N)cc21. The van der Waals surface area contributed by atoms with Gasteiger partial charge in [-0.3, -0.25) is 0 Å². The van der Waals surface area contributed by atoms with Gasteiger partial charge in [-0.1, -0.05) is 6.07 Å². The van der Waals surface area contributed by atoms with Crippen molar-refractivity contribution in [2.75, 3.05) is 5.73 Å². The van der Waals surface area contributed by atoms with Gasteiger partial charge in [0.05, 0.1) is 5.71 Å². The van der Waals surface area contributed by atoms with E-state index in [9.17, 15) is 0 Å². The van der Waals surface area contributed by atoms with E-state index in [4.69, 9.17) is 11.6 Å². The molecule has 0 bridgehead atoms. The maximum absolute atomic E-state index is 5.65. The van der Waals surface area contributed by atoms with Gasteiger partial charge in [0.1, 0.15) is 0 Å². The van der Waals surface area contributed by atoms with Gasteiger partial charge in [0.2, 0.25) is 0 Å². The maximum Gasteiger partial charge on any atom is 0.0679 e. The van der Waals surface area contributed by atoms with Crippen LogP contribution in [0.5, 0.6) is 0 Å². The number of benzene rings is 1. The van der Waals surface area contributed by atoms with Crippen LogP contribution < -0.4 is 11.6 Å². The zero-order valence-electron chi connectivity index (χ0n) is 6.75. The molecule has 12 heavy (non-hydrogen) atoms. The molecule has 1 aliphatic carbocycles. The lowest BCUT2D eigenvalue weighted by atomic mass is 10.1. The van der Waals surface area contributed by atoms with Crippen molar-refractivity contribution >= 4 is 11.4 Å². The van der Waals surface area contributed by atoms with Crippen LogP contribution >= 0.6 is 0 Å². The van der Waals surface area contributed by atoms with Crippen LogP contribution in [0.15, 0.2) is 23.3 Å². The van der Waals surface area contributed by atoms with E-state index in [0.29, 0.717) is 0 Å². The van der Waals surface area contributed by atoms with Gasteiger partial charge in [-0.15, -0.1) is 0 Å². The van der Waals surface area contributed by atoms with Crippen molar-refractivity contribution in [1.82, 2.24) is 0 Å². The van der Waals surface area contributed by atoms with E-state index in [2.05, 4.69) is 5.10 Å². The molecule has 0 saturated heterocycles. The lowest BCUT2D eigenvalue weighted by Crippen LogP contribution is -1.99. The number of nitrogens with zero attached hydrogens (tertiary/aromatic N) is 1. The van der Waals surface area contributed by atoms with E-state index in [1.165, 1.54) is 5.56 Å². The second kappa shape index (κ2) is 2.52. The second-order valence-electron chi connectivity index (χ2n) is 2.99. The molecule has 0 saturated carbocycles. The van der Waals surface area contributed by atoms with Crippen LogP contribution in [0.1, 0.15) is 17.5 Å². The molecule has 1 aromatic rings. The van der Waals surface area contributed by atoms with Gasteiger partial charge in [0, 0.05) is 11.3 Å². The predicted octanol–water partition coefficient (Wildman–Crippen LogP) is 0.878. The highest BCUT2D eigenvalue weighted by Crippen LogP contribution is 2.23. The van der Waals surface area contributed by atoms with Crippen molar-refractivity contribution in [3.63, 3.8) is 0 Å². The Balaban J connectivity index is 2.57. The predicted molar refractivity (Wildman–Crippen MR) is 49.9 cm³/mol. The van der Waals surface area contributed by atoms with Crippen LogP contribution in [0.4, 0.5) is 5.69 Å². The highest BCUT2D eigenvalue weighted by molar-refractivity contribution is 6.04. The molecule has 0 fully saturated rings. The standard InChI is InChI=1S/C9H11N3/c10-7-3-1-6-2-4-9(12-11)8(6)5-7/h1,3,5H,2,4,10-11H2/b12-9-. The smallest absolute Gasteiger partial charge is 0.0679 e. The van der Waals surface area contributed by atoms with Gasteiger partial charge in [0.15, 0.2) is 0 Å². The van der Waals surface area contributed by atoms with Crippen molar-refractivity contribution in [1.29, 1.82) is 0 Å². The molecule has 1 aromatic carbocycles. The summed E-state index contributed by atoms with van der Waals surface area (Å²) in [7, 11) is 0. The van der Waals surface area contributed by atoms with E-state index in [-0.39, 0.29) is 0 Å². The average Bonchev–Trinajstić information content (AvgIpc) is 2.46. The fourth-order valence-corrected chi connectivity index (χ4v) is 1.60. The first-order chi connectivity index (χ1) is 5.81. The molecule has 0 spiro atoms. The van der Waals surface area contributed by atoms with Crippen molar-refractivity contribution < 1.29 is 0 Å². The number of rotatable bonds is 0. The topological polar surface area (TPSA) is 64.4 Å². The minimum Gasteiger partial charge on any atom is -0.399 e. The number of fused-ring (bicyclic) bond motifs is 1. The zero-order chi connectivity index (χ0) is 8.55. The van der Waals surface area contributed by atoms with Gasteiger partial charge in [-0.05, 0) is 30.5 Å². The fraction of sp³-hybridized carbons (Fsp3) is 0.222. The van der Waals surface area contributed by atoms with Crippen LogP contribution in [-0.2, 0) is 6.42 Å². The number of nitrogens with two attached hydrogens (primary N) is 2. The Hall–Kier alpha value is -1.51. The summed E-state index contributed by atoms with van der Waals surface area (Å²) in [5, 5.41) is 3.73. The first-order valence-electron chi connectivity index (χ1n) is 3.97. The highest BCUT2D eigenvalue weighted by Gasteiger charge is 2.16. The summed E-state index contributed by atoms with van der Waals surface area (Å²) in [6, 6.07) is 5.90. The molecular formula is C9H11N3. The van der Waals surface area contributed by atoms with E-state index < -0.39 is 0 Å². The Labute approximate surface area is 71.1 Å². The summed E-state index contributed by atoms with van der Waals surface area (Å²) >= 11 is 0. The summed E-state index contributed by atoms with van der Waals surface area (Å²) < 4.78 is 0. The first-order valence-corrected chi connectivity index (χ1v) is 3.97. The lowest BCUT2D eigenvalue weighted by Gasteiger charge is -1.99. The number of aryl methyl sites for hydroxylation is 1. The molecule has 0 amide bonds. The molecule has 0 aromatic heterocycles. The van der Waals surface area contributed by atoms with Gasteiger partial charge in [-0.25, -0.2) is 0 Å². The largest absolute Gasteiger partial charge is 0.399 e. The number of hydrogen-bond donors (Lipinski definition) is 2.